The number of carbonyl (C=O) groups excluding carboxylic acids is 2. The molecule has 0 spiro atoms. The molecule has 112 valence electrons. The smallest absolute Gasteiger partial charge is 0.321 e. The van der Waals surface area contributed by atoms with E-state index in [1.165, 1.54) is 0 Å². The minimum Gasteiger partial charge on any atom is -0.336 e. The van der Waals surface area contributed by atoms with Gasteiger partial charge in [0.1, 0.15) is 0 Å². The van der Waals surface area contributed by atoms with Crippen LogP contribution in [0, 0.1) is 0 Å². The summed E-state index contributed by atoms with van der Waals surface area (Å²) in [5.41, 5.74) is 1.50. The van der Waals surface area contributed by atoms with Crippen molar-refractivity contribution in [3.8, 4) is 0 Å². The summed E-state index contributed by atoms with van der Waals surface area (Å²) in [5.74, 6) is 0.0569. The number of hydrogen-bond donors (Lipinski definition) is 2. The Morgan fingerprint density at radius 1 is 1.19 bits per heavy atom. The van der Waals surface area contributed by atoms with E-state index < -0.39 is 0 Å². The van der Waals surface area contributed by atoms with Gasteiger partial charge in [0.2, 0.25) is 0 Å². The molecular weight excluding hydrogens is 268 g/mol. The summed E-state index contributed by atoms with van der Waals surface area (Å²) in [7, 11) is 0. The Morgan fingerprint density at radius 3 is 2.57 bits per heavy atom. The molecule has 0 bridgehead atoms. The van der Waals surface area contributed by atoms with Gasteiger partial charge in [-0.15, -0.1) is 0 Å². The van der Waals surface area contributed by atoms with E-state index >= 15 is 0 Å². The summed E-state index contributed by atoms with van der Waals surface area (Å²) < 4.78 is 0. The molecule has 0 unspecified atom stereocenters. The molecule has 6 heteroatoms. The van der Waals surface area contributed by atoms with E-state index in [1.54, 1.807) is 17.0 Å². The second-order valence-corrected chi connectivity index (χ2v) is 5.48. The number of benzene rings is 1. The summed E-state index contributed by atoms with van der Waals surface area (Å²) in [4.78, 5) is 27.7. The maximum Gasteiger partial charge on any atom is 0.321 e. The molecule has 0 aliphatic carbocycles. The maximum atomic E-state index is 12.5. The first-order valence-electron chi connectivity index (χ1n) is 7.34. The van der Waals surface area contributed by atoms with Crippen LogP contribution in [0.25, 0.3) is 0 Å². The standard InChI is InChI=1S/C15H20N4O2/c1-11-10-16-6-8-18(11)14(20)12-2-4-13(5-3-12)19-9-7-17-15(19)21/h2-5,11,16H,6-10H2,1H3,(H,17,21)/t11-/m1/s1. The lowest BCUT2D eigenvalue weighted by Crippen LogP contribution is -2.52. The number of carbonyl (C=O) groups is 2. The molecule has 21 heavy (non-hydrogen) atoms. The summed E-state index contributed by atoms with van der Waals surface area (Å²) >= 11 is 0. The minimum atomic E-state index is -0.0789. The molecule has 2 heterocycles. The van der Waals surface area contributed by atoms with Crippen molar-refractivity contribution in [1.82, 2.24) is 15.5 Å². The Bertz CT molecular complexity index is 543. The average Bonchev–Trinajstić information content (AvgIpc) is 2.93. The maximum absolute atomic E-state index is 12.5. The Hall–Kier alpha value is -2.08. The van der Waals surface area contributed by atoms with Gasteiger partial charge < -0.3 is 15.5 Å². The van der Waals surface area contributed by atoms with Crippen LogP contribution in [0.3, 0.4) is 0 Å². The first kappa shape index (κ1) is 13.9. The monoisotopic (exact) mass is 288 g/mol. The van der Waals surface area contributed by atoms with Crippen molar-refractivity contribution in [3.05, 3.63) is 29.8 Å². The molecule has 6 nitrogen and oxygen atoms in total. The van der Waals surface area contributed by atoms with Crippen molar-refractivity contribution in [2.75, 3.05) is 37.6 Å². The second-order valence-electron chi connectivity index (χ2n) is 5.48. The van der Waals surface area contributed by atoms with Gasteiger partial charge >= 0.3 is 6.03 Å². The molecule has 3 amide bonds. The van der Waals surface area contributed by atoms with Crippen molar-refractivity contribution in [2.45, 2.75) is 13.0 Å². The molecule has 2 N–H and O–H groups in total. The first-order chi connectivity index (χ1) is 10.2. The molecule has 1 aromatic carbocycles. The summed E-state index contributed by atoms with van der Waals surface area (Å²) in [6.45, 7) is 5.78. The van der Waals surface area contributed by atoms with E-state index in [2.05, 4.69) is 10.6 Å². The van der Waals surface area contributed by atoms with Crippen molar-refractivity contribution < 1.29 is 9.59 Å². The topological polar surface area (TPSA) is 64.7 Å². The fourth-order valence-electron chi connectivity index (χ4n) is 2.81. The summed E-state index contributed by atoms with van der Waals surface area (Å²) in [6, 6.07) is 7.41. The highest BCUT2D eigenvalue weighted by Gasteiger charge is 2.25. The molecule has 2 saturated heterocycles. The van der Waals surface area contributed by atoms with E-state index in [1.807, 2.05) is 24.0 Å². The van der Waals surface area contributed by atoms with E-state index in [-0.39, 0.29) is 18.0 Å². The van der Waals surface area contributed by atoms with E-state index in [0.717, 1.165) is 25.3 Å². The number of piperazine rings is 1. The predicted octanol–water partition coefficient (Wildman–Crippen LogP) is 0.650. The van der Waals surface area contributed by atoms with Gasteiger partial charge in [0, 0.05) is 50.0 Å². The lowest BCUT2D eigenvalue weighted by molar-refractivity contribution is 0.0656. The Labute approximate surface area is 124 Å². The number of urea groups is 1. The zero-order valence-corrected chi connectivity index (χ0v) is 12.1. The molecule has 1 aromatic rings. The zero-order valence-electron chi connectivity index (χ0n) is 12.1. The zero-order chi connectivity index (χ0) is 14.8. The fourth-order valence-corrected chi connectivity index (χ4v) is 2.81. The van der Waals surface area contributed by atoms with Crippen LogP contribution in [0.1, 0.15) is 17.3 Å². The fraction of sp³-hybridized carbons (Fsp3) is 0.467. The number of hydrogen-bond acceptors (Lipinski definition) is 3. The van der Waals surface area contributed by atoms with Gasteiger partial charge in [0.05, 0.1) is 0 Å². The van der Waals surface area contributed by atoms with Gasteiger partial charge in [-0.05, 0) is 31.2 Å². The minimum absolute atomic E-state index is 0.0569. The molecule has 2 aliphatic rings. The van der Waals surface area contributed by atoms with Crippen LogP contribution < -0.4 is 15.5 Å². The normalized spacial score (nSPS) is 22.3. The third-order valence-electron chi connectivity index (χ3n) is 4.04. The molecule has 0 saturated carbocycles. The van der Waals surface area contributed by atoms with Gasteiger partial charge in [-0.1, -0.05) is 0 Å². The molecule has 0 aromatic heterocycles. The van der Waals surface area contributed by atoms with Gasteiger partial charge in [-0.2, -0.15) is 0 Å². The molecule has 2 fully saturated rings. The van der Waals surface area contributed by atoms with Crippen LogP contribution in [-0.2, 0) is 0 Å². The average molecular weight is 288 g/mol. The van der Waals surface area contributed by atoms with Crippen LogP contribution in [0.2, 0.25) is 0 Å². The highest BCUT2D eigenvalue weighted by Crippen LogP contribution is 2.19. The van der Waals surface area contributed by atoms with Gasteiger partial charge in [0.25, 0.3) is 5.91 Å². The van der Waals surface area contributed by atoms with E-state index in [0.29, 0.717) is 18.7 Å². The number of anilines is 1. The number of nitrogens with zero attached hydrogens (tertiary/aromatic N) is 2. The van der Waals surface area contributed by atoms with E-state index in [4.69, 9.17) is 0 Å². The first-order valence-corrected chi connectivity index (χ1v) is 7.34. The summed E-state index contributed by atoms with van der Waals surface area (Å²) in [5, 5.41) is 6.04. The van der Waals surface area contributed by atoms with Crippen LogP contribution >= 0.6 is 0 Å². The van der Waals surface area contributed by atoms with Gasteiger partial charge in [0.15, 0.2) is 0 Å². The van der Waals surface area contributed by atoms with Crippen LogP contribution in [0.4, 0.5) is 10.5 Å². The molecular formula is C15H20N4O2. The number of amides is 3. The predicted molar refractivity (Wildman–Crippen MR) is 80.6 cm³/mol. The number of rotatable bonds is 2. The van der Waals surface area contributed by atoms with Gasteiger partial charge in [-0.3, -0.25) is 9.69 Å². The lowest BCUT2D eigenvalue weighted by Gasteiger charge is -2.34. The Morgan fingerprint density at radius 2 is 1.95 bits per heavy atom. The second kappa shape index (κ2) is 5.73. The third-order valence-corrected chi connectivity index (χ3v) is 4.04. The highest BCUT2D eigenvalue weighted by atomic mass is 16.2. The van der Waals surface area contributed by atoms with Crippen molar-refractivity contribution >= 4 is 17.6 Å². The molecule has 1 atom stereocenters. The van der Waals surface area contributed by atoms with Gasteiger partial charge in [-0.25, -0.2) is 4.79 Å². The van der Waals surface area contributed by atoms with Crippen molar-refractivity contribution in [1.29, 1.82) is 0 Å². The third kappa shape index (κ3) is 2.71. The molecule has 3 rings (SSSR count). The molecule has 0 radical (unpaired) electrons. The lowest BCUT2D eigenvalue weighted by atomic mass is 10.1. The largest absolute Gasteiger partial charge is 0.336 e. The summed E-state index contributed by atoms with van der Waals surface area (Å²) in [6.07, 6.45) is 0. The highest BCUT2D eigenvalue weighted by molar-refractivity contribution is 5.97. The quantitative estimate of drug-likeness (QED) is 0.840. The van der Waals surface area contributed by atoms with Crippen LogP contribution in [0.15, 0.2) is 24.3 Å². The Kier molecular flexibility index (Phi) is 3.79. The van der Waals surface area contributed by atoms with Crippen LogP contribution in [-0.4, -0.2) is 55.6 Å². The number of nitrogens with one attached hydrogen (secondary N) is 2. The van der Waals surface area contributed by atoms with Crippen LogP contribution in [0.5, 0.6) is 0 Å². The van der Waals surface area contributed by atoms with Crippen molar-refractivity contribution in [2.24, 2.45) is 0 Å². The Balaban J connectivity index is 1.74. The van der Waals surface area contributed by atoms with Crippen molar-refractivity contribution in [3.63, 3.8) is 0 Å². The SMILES string of the molecule is C[C@@H]1CNCCN1C(=O)c1ccc(N2CCNC2=O)cc1. The molecule has 2 aliphatic heterocycles. The van der Waals surface area contributed by atoms with E-state index in [9.17, 15) is 9.59 Å².